The van der Waals surface area contributed by atoms with Gasteiger partial charge in [0, 0.05) is 28.5 Å². The molecular formula is C25H24N2O5S. The van der Waals surface area contributed by atoms with Crippen molar-refractivity contribution < 1.29 is 23.5 Å². The Labute approximate surface area is 195 Å². The lowest BCUT2D eigenvalue weighted by Crippen LogP contribution is -2.06. The molecule has 7 nitrogen and oxygen atoms in total. The second kappa shape index (κ2) is 10.8. The van der Waals surface area contributed by atoms with Crippen LogP contribution in [0.15, 0.2) is 65.2 Å². The van der Waals surface area contributed by atoms with Crippen LogP contribution in [-0.2, 0) is 29.0 Å². The van der Waals surface area contributed by atoms with E-state index in [4.69, 9.17) is 23.7 Å². The molecular weight excluding hydrogens is 440 g/mol. The number of benzene rings is 2. The number of aryl methyl sites for hydroxylation is 1. The lowest BCUT2D eigenvalue weighted by Gasteiger charge is -2.09. The minimum atomic E-state index is -0.326. The summed E-state index contributed by atoms with van der Waals surface area (Å²) in [5.41, 5.74) is 2.88. The zero-order chi connectivity index (χ0) is 23.0. The van der Waals surface area contributed by atoms with Gasteiger partial charge in [-0.05, 0) is 18.1 Å². The van der Waals surface area contributed by atoms with Crippen molar-refractivity contribution in [3.63, 3.8) is 0 Å². The van der Waals surface area contributed by atoms with Crippen molar-refractivity contribution in [1.29, 1.82) is 0 Å². The number of para-hydroxylation sites is 1. The molecule has 0 saturated carbocycles. The Balaban J connectivity index is 1.29. The van der Waals surface area contributed by atoms with Crippen LogP contribution in [0.1, 0.15) is 21.9 Å². The molecule has 0 radical (unpaired) electrons. The smallest absolute Gasteiger partial charge is 0.310 e. The summed E-state index contributed by atoms with van der Waals surface area (Å²) in [7, 11) is 1.36. The second-order valence-electron chi connectivity index (χ2n) is 7.27. The fourth-order valence-electron chi connectivity index (χ4n) is 3.21. The van der Waals surface area contributed by atoms with E-state index < -0.39 is 0 Å². The van der Waals surface area contributed by atoms with E-state index in [1.807, 2.05) is 36.4 Å². The number of methoxy groups -OCH3 is 1. The van der Waals surface area contributed by atoms with Crippen molar-refractivity contribution >= 4 is 17.3 Å². The SMILES string of the molecule is COC(=O)Cc1ccccc1OCc1cc(OCCc2nc(-c3ccccc3)sc2C)no1. The molecule has 2 aromatic carbocycles. The zero-order valence-electron chi connectivity index (χ0n) is 18.4. The van der Waals surface area contributed by atoms with Crippen molar-refractivity contribution in [3.8, 4) is 22.2 Å². The molecule has 2 heterocycles. The maximum atomic E-state index is 11.6. The third kappa shape index (κ3) is 5.98. The average molecular weight is 465 g/mol. The van der Waals surface area contributed by atoms with Gasteiger partial charge in [0.2, 0.25) is 0 Å². The summed E-state index contributed by atoms with van der Waals surface area (Å²) in [6.45, 7) is 2.68. The molecule has 0 saturated heterocycles. The van der Waals surface area contributed by atoms with Gasteiger partial charge in [0.15, 0.2) is 5.76 Å². The number of hydrogen-bond acceptors (Lipinski definition) is 8. The largest absolute Gasteiger partial charge is 0.485 e. The predicted octanol–water partition coefficient (Wildman–Crippen LogP) is 5.02. The molecule has 0 atom stereocenters. The second-order valence-corrected chi connectivity index (χ2v) is 8.47. The van der Waals surface area contributed by atoms with E-state index >= 15 is 0 Å². The number of esters is 1. The van der Waals surface area contributed by atoms with Gasteiger partial charge in [-0.1, -0.05) is 48.5 Å². The molecule has 4 rings (SSSR count). The van der Waals surface area contributed by atoms with Crippen molar-refractivity contribution in [2.75, 3.05) is 13.7 Å². The van der Waals surface area contributed by atoms with E-state index in [-0.39, 0.29) is 19.0 Å². The van der Waals surface area contributed by atoms with Crippen molar-refractivity contribution in [2.24, 2.45) is 0 Å². The number of nitrogens with zero attached hydrogens (tertiary/aromatic N) is 2. The van der Waals surface area contributed by atoms with Gasteiger partial charge >= 0.3 is 5.97 Å². The van der Waals surface area contributed by atoms with E-state index in [0.717, 1.165) is 21.8 Å². The zero-order valence-corrected chi connectivity index (χ0v) is 19.3. The first-order valence-electron chi connectivity index (χ1n) is 10.5. The van der Waals surface area contributed by atoms with Crippen LogP contribution in [0, 0.1) is 6.92 Å². The maximum Gasteiger partial charge on any atom is 0.310 e. The molecule has 0 aliphatic heterocycles. The van der Waals surface area contributed by atoms with E-state index in [0.29, 0.717) is 30.4 Å². The molecule has 2 aromatic heterocycles. The fraction of sp³-hybridized carbons (Fsp3) is 0.240. The normalized spacial score (nSPS) is 10.7. The Kier molecular flexibility index (Phi) is 7.36. The van der Waals surface area contributed by atoms with Gasteiger partial charge in [-0.2, -0.15) is 0 Å². The monoisotopic (exact) mass is 464 g/mol. The summed E-state index contributed by atoms with van der Waals surface area (Å²) in [5.74, 6) is 1.18. The molecule has 8 heteroatoms. The van der Waals surface area contributed by atoms with Crippen molar-refractivity contribution in [1.82, 2.24) is 10.1 Å². The van der Waals surface area contributed by atoms with Gasteiger partial charge < -0.3 is 18.7 Å². The lowest BCUT2D eigenvalue weighted by atomic mass is 10.1. The molecule has 170 valence electrons. The highest BCUT2D eigenvalue weighted by Crippen LogP contribution is 2.28. The molecule has 0 amide bonds. The van der Waals surface area contributed by atoms with Crippen LogP contribution in [0.4, 0.5) is 0 Å². The van der Waals surface area contributed by atoms with E-state index in [1.54, 1.807) is 23.5 Å². The summed E-state index contributed by atoms with van der Waals surface area (Å²) in [4.78, 5) is 17.5. The maximum absolute atomic E-state index is 11.6. The Morgan fingerprint density at radius 1 is 1.06 bits per heavy atom. The summed E-state index contributed by atoms with van der Waals surface area (Å²) >= 11 is 1.68. The molecule has 0 fully saturated rings. The van der Waals surface area contributed by atoms with Gasteiger partial charge in [0.05, 0.1) is 25.8 Å². The van der Waals surface area contributed by atoms with Gasteiger partial charge in [-0.3, -0.25) is 4.79 Å². The first kappa shape index (κ1) is 22.5. The lowest BCUT2D eigenvalue weighted by molar-refractivity contribution is -0.139. The number of hydrogen-bond donors (Lipinski definition) is 0. The highest BCUT2D eigenvalue weighted by molar-refractivity contribution is 7.15. The van der Waals surface area contributed by atoms with Gasteiger partial charge in [-0.15, -0.1) is 11.3 Å². The summed E-state index contributed by atoms with van der Waals surface area (Å²) in [5, 5.41) is 4.96. The fourth-order valence-corrected chi connectivity index (χ4v) is 4.18. The Morgan fingerprint density at radius 2 is 1.85 bits per heavy atom. The van der Waals surface area contributed by atoms with Crippen LogP contribution in [0.2, 0.25) is 0 Å². The van der Waals surface area contributed by atoms with Gasteiger partial charge in [-0.25, -0.2) is 4.98 Å². The van der Waals surface area contributed by atoms with Gasteiger partial charge in [0.1, 0.15) is 17.4 Å². The van der Waals surface area contributed by atoms with Crippen molar-refractivity contribution in [3.05, 3.63) is 82.6 Å². The minimum Gasteiger partial charge on any atom is -0.485 e. The van der Waals surface area contributed by atoms with Gasteiger partial charge in [0.25, 0.3) is 5.88 Å². The molecule has 0 spiro atoms. The molecule has 0 aliphatic carbocycles. The van der Waals surface area contributed by atoms with Crippen LogP contribution in [0.5, 0.6) is 11.6 Å². The topological polar surface area (TPSA) is 83.7 Å². The Morgan fingerprint density at radius 3 is 2.67 bits per heavy atom. The van der Waals surface area contributed by atoms with Crippen LogP contribution < -0.4 is 9.47 Å². The first-order valence-corrected chi connectivity index (χ1v) is 11.3. The molecule has 0 aliphatic rings. The average Bonchev–Trinajstić information content (AvgIpc) is 3.45. The van der Waals surface area contributed by atoms with Crippen LogP contribution >= 0.6 is 11.3 Å². The minimum absolute atomic E-state index is 0.138. The standard InChI is InChI=1S/C25H24N2O5S/c1-17-21(26-25(33-17)18-8-4-3-5-9-18)12-13-30-23-15-20(32-27-23)16-31-22-11-7-6-10-19(22)14-24(28)29-2/h3-11,15H,12-14,16H2,1-2H3. The number of carbonyl (C=O) groups excluding carboxylic acids is 1. The van der Waals surface area contributed by atoms with E-state index in [2.05, 4.69) is 24.2 Å². The highest BCUT2D eigenvalue weighted by atomic mass is 32.1. The first-order chi connectivity index (χ1) is 16.1. The molecule has 0 unspecified atom stereocenters. The van der Waals surface area contributed by atoms with Crippen LogP contribution in [-0.4, -0.2) is 29.8 Å². The number of aromatic nitrogens is 2. The molecule has 0 N–H and O–H groups in total. The molecule has 4 aromatic rings. The third-order valence-electron chi connectivity index (χ3n) is 4.94. The van der Waals surface area contributed by atoms with E-state index in [9.17, 15) is 4.79 Å². The number of ether oxygens (including phenoxy) is 3. The Bertz CT molecular complexity index is 1200. The number of carbonyl (C=O) groups is 1. The van der Waals surface area contributed by atoms with Crippen molar-refractivity contribution in [2.45, 2.75) is 26.4 Å². The number of rotatable bonds is 10. The number of thiazole rings is 1. The third-order valence-corrected chi connectivity index (χ3v) is 6.01. The predicted molar refractivity (Wildman–Crippen MR) is 124 cm³/mol. The van der Waals surface area contributed by atoms with E-state index in [1.165, 1.54) is 12.0 Å². The quantitative estimate of drug-likeness (QED) is 0.305. The summed E-state index contributed by atoms with van der Waals surface area (Å²) in [6.07, 6.45) is 0.814. The Hall–Kier alpha value is -3.65. The van der Waals surface area contributed by atoms with Crippen LogP contribution in [0.3, 0.4) is 0 Å². The van der Waals surface area contributed by atoms with Crippen LogP contribution in [0.25, 0.3) is 10.6 Å². The molecule has 0 bridgehead atoms. The summed E-state index contributed by atoms with van der Waals surface area (Å²) < 4.78 is 21.6. The summed E-state index contributed by atoms with van der Waals surface area (Å²) in [6, 6.07) is 19.2. The molecule has 33 heavy (non-hydrogen) atoms. The highest BCUT2D eigenvalue weighted by Gasteiger charge is 2.13.